The predicted molar refractivity (Wildman–Crippen MR) is 128 cm³/mol. The van der Waals surface area contributed by atoms with Crippen molar-refractivity contribution in [3.05, 3.63) is 41.5 Å². The minimum Gasteiger partial charge on any atom is -0.371 e. The molecule has 0 atom stereocenters. The normalized spacial score (nSPS) is 19.6. The van der Waals surface area contributed by atoms with Gasteiger partial charge in [0.1, 0.15) is 5.52 Å². The number of nitrogens with zero attached hydrogens (tertiary/aromatic N) is 4. The Morgan fingerprint density at radius 1 is 0.969 bits per heavy atom. The van der Waals surface area contributed by atoms with E-state index in [4.69, 9.17) is 4.52 Å². The Bertz CT molecular complexity index is 1180. The number of aromatic nitrogens is 1. The van der Waals surface area contributed by atoms with Gasteiger partial charge in [0, 0.05) is 50.4 Å². The Morgan fingerprint density at radius 2 is 1.66 bits per heavy atom. The fourth-order valence-corrected chi connectivity index (χ4v) is 5.57. The summed E-state index contributed by atoms with van der Waals surface area (Å²) in [6.45, 7) is 11.6. The monoisotopic (exact) mass is 430 g/mol. The number of anilines is 2. The summed E-state index contributed by atoms with van der Waals surface area (Å²) in [4.78, 5) is 21.1. The van der Waals surface area contributed by atoms with Gasteiger partial charge in [0.25, 0.3) is 0 Å². The van der Waals surface area contributed by atoms with Crippen LogP contribution in [0.15, 0.2) is 34.9 Å². The molecule has 2 aromatic carbocycles. The van der Waals surface area contributed by atoms with Crippen LogP contribution in [-0.4, -0.2) is 61.7 Å². The summed E-state index contributed by atoms with van der Waals surface area (Å²) in [5, 5.41) is 5.44. The second-order valence-corrected chi connectivity index (χ2v) is 9.49. The molecule has 166 valence electrons. The standard InChI is InChI=1S/C26H30N4O2/c1-3-28-12-14-30(15-13-28)21-16-20(29-10-8-17(2)9-11-29)22-23-24(21)27-32-26(23)19-7-5-4-6-18(19)25(22)31/h4-7,16-17H,3,8-15H2,1-2H3. The zero-order valence-electron chi connectivity index (χ0n) is 18.9. The van der Waals surface area contributed by atoms with Crippen molar-refractivity contribution in [2.45, 2.75) is 26.7 Å². The Balaban J connectivity index is 1.55. The van der Waals surface area contributed by atoms with Gasteiger partial charge in [0.2, 0.25) is 0 Å². The average molecular weight is 431 g/mol. The highest BCUT2D eigenvalue weighted by Gasteiger charge is 2.35. The summed E-state index contributed by atoms with van der Waals surface area (Å²) >= 11 is 0. The van der Waals surface area contributed by atoms with E-state index >= 15 is 0 Å². The number of carbonyl (C=O) groups excluding carboxylic acids is 1. The minimum atomic E-state index is 0.0947. The summed E-state index contributed by atoms with van der Waals surface area (Å²) in [6, 6.07) is 10.0. The molecule has 0 N–H and O–H groups in total. The maximum absolute atomic E-state index is 13.8. The molecule has 2 aliphatic heterocycles. The third kappa shape index (κ3) is 2.96. The topological polar surface area (TPSA) is 52.8 Å². The van der Waals surface area contributed by atoms with Crippen LogP contribution in [0.25, 0.3) is 22.2 Å². The van der Waals surface area contributed by atoms with E-state index in [2.05, 4.69) is 39.8 Å². The zero-order chi connectivity index (χ0) is 21.8. The molecule has 1 aliphatic carbocycles. The number of fused-ring (bicyclic) bond motifs is 2. The first-order valence-corrected chi connectivity index (χ1v) is 12.0. The van der Waals surface area contributed by atoms with E-state index in [9.17, 15) is 4.79 Å². The van der Waals surface area contributed by atoms with E-state index < -0.39 is 0 Å². The van der Waals surface area contributed by atoms with Crippen LogP contribution in [0.2, 0.25) is 0 Å². The van der Waals surface area contributed by atoms with E-state index in [1.54, 1.807) is 0 Å². The largest absolute Gasteiger partial charge is 0.371 e. The SMILES string of the molecule is CCN1CCN(c2cc(N3CCC(C)CC3)c3c4c(onc24)-c2ccccc2C3=O)CC1. The third-order valence-corrected chi connectivity index (χ3v) is 7.64. The first-order valence-electron chi connectivity index (χ1n) is 12.0. The van der Waals surface area contributed by atoms with Crippen molar-refractivity contribution >= 4 is 28.1 Å². The lowest BCUT2D eigenvalue weighted by Gasteiger charge is -2.38. The first-order chi connectivity index (χ1) is 15.7. The molecule has 32 heavy (non-hydrogen) atoms. The number of hydrogen-bond acceptors (Lipinski definition) is 6. The molecule has 1 aromatic heterocycles. The van der Waals surface area contributed by atoms with Crippen molar-refractivity contribution in [2.75, 3.05) is 55.6 Å². The number of benzene rings is 2. The predicted octanol–water partition coefficient (Wildman–Crippen LogP) is 4.42. The van der Waals surface area contributed by atoms with Gasteiger partial charge in [-0.2, -0.15) is 0 Å². The second-order valence-electron chi connectivity index (χ2n) is 9.49. The van der Waals surface area contributed by atoms with Gasteiger partial charge in [-0.1, -0.05) is 43.3 Å². The highest BCUT2D eigenvalue weighted by Crippen LogP contribution is 2.47. The van der Waals surface area contributed by atoms with E-state index in [-0.39, 0.29) is 5.78 Å². The quantitative estimate of drug-likeness (QED) is 0.480. The summed E-state index contributed by atoms with van der Waals surface area (Å²) < 4.78 is 5.95. The van der Waals surface area contributed by atoms with Crippen LogP contribution in [0.1, 0.15) is 42.6 Å². The van der Waals surface area contributed by atoms with E-state index in [1.807, 2.05) is 24.3 Å². The molecule has 3 aromatic rings. The fraction of sp³-hybridized carbons (Fsp3) is 0.462. The summed E-state index contributed by atoms with van der Waals surface area (Å²) in [7, 11) is 0. The Kier molecular flexibility index (Phi) is 4.72. The van der Waals surface area contributed by atoms with Crippen molar-refractivity contribution in [2.24, 2.45) is 5.92 Å². The number of piperidine rings is 1. The summed E-state index contributed by atoms with van der Waals surface area (Å²) in [6.07, 6.45) is 2.31. The summed E-state index contributed by atoms with van der Waals surface area (Å²) in [5.74, 6) is 1.57. The van der Waals surface area contributed by atoms with Gasteiger partial charge >= 0.3 is 0 Å². The molecule has 6 rings (SSSR count). The molecule has 0 saturated carbocycles. The Morgan fingerprint density at radius 3 is 2.38 bits per heavy atom. The first kappa shape index (κ1) is 19.8. The number of hydrogen-bond donors (Lipinski definition) is 0. The van der Waals surface area contributed by atoms with Gasteiger partial charge in [-0.25, -0.2) is 0 Å². The lowest BCUT2D eigenvalue weighted by Crippen LogP contribution is -2.46. The van der Waals surface area contributed by atoms with Crippen LogP contribution in [0.5, 0.6) is 0 Å². The van der Waals surface area contributed by atoms with Crippen LogP contribution < -0.4 is 9.80 Å². The van der Waals surface area contributed by atoms with Crippen LogP contribution in [0.4, 0.5) is 11.4 Å². The van der Waals surface area contributed by atoms with Gasteiger partial charge in [-0.3, -0.25) is 4.79 Å². The lowest BCUT2D eigenvalue weighted by molar-refractivity contribution is 0.104. The lowest BCUT2D eigenvalue weighted by atomic mass is 9.85. The number of likely N-dealkylation sites (N-methyl/N-ethyl adjacent to an activating group) is 1. The molecule has 2 fully saturated rings. The number of piperazine rings is 1. The smallest absolute Gasteiger partial charge is 0.196 e. The van der Waals surface area contributed by atoms with Gasteiger partial charge in [-0.05, 0) is 31.4 Å². The zero-order valence-corrected chi connectivity index (χ0v) is 18.9. The molecule has 6 nitrogen and oxygen atoms in total. The average Bonchev–Trinajstić information content (AvgIpc) is 3.28. The number of rotatable bonds is 3. The van der Waals surface area contributed by atoms with Crippen LogP contribution in [0, 0.1) is 5.92 Å². The molecule has 0 spiro atoms. The molecule has 3 heterocycles. The highest BCUT2D eigenvalue weighted by molar-refractivity contribution is 6.28. The number of ketones is 1. The van der Waals surface area contributed by atoms with Crippen LogP contribution >= 0.6 is 0 Å². The van der Waals surface area contributed by atoms with Crippen molar-refractivity contribution in [1.82, 2.24) is 10.1 Å². The Labute approximate surface area is 188 Å². The molecule has 0 radical (unpaired) electrons. The van der Waals surface area contributed by atoms with Crippen molar-refractivity contribution < 1.29 is 9.32 Å². The minimum absolute atomic E-state index is 0.0947. The molecule has 2 saturated heterocycles. The van der Waals surface area contributed by atoms with Gasteiger partial charge < -0.3 is 19.2 Å². The van der Waals surface area contributed by atoms with Gasteiger partial charge in [0.05, 0.1) is 22.3 Å². The van der Waals surface area contributed by atoms with Crippen molar-refractivity contribution in [3.63, 3.8) is 0 Å². The second kappa shape index (κ2) is 7.62. The Hall–Kier alpha value is -2.86. The maximum atomic E-state index is 13.8. The van der Waals surface area contributed by atoms with E-state index in [1.165, 1.54) is 0 Å². The van der Waals surface area contributed by atoms with Crippen molar-refractivity contribution in [1.29, 1.82) is 0 Å². The summed E-state index contributed by atoms with van der Waals surface area (Å²) in [5.41, 5.74) is 5.35. The van der Waals surface area contributed by atoms with Crippen LogP contribution in [-0.2, 0) is 0 Å². The molecule has 0 bridgehead atoms. The molecule has 0 unspecified atom stereocenters. The fourth-order valence-electron chi connectivity index (χ4n) is 5.57. The molecular formula is C26H30N4O2. The molecule has 3 aliphatic rings. The maximum Gasteiger partial charge on any atom is 0.196 e. The number of carbonyl (C=O) groups is 1. The van der Waals surface area contributed by atoms with Crippen molar-refractivity contribution in [3.8, 4) is 11.3 Å². The third-order valence-electron chi connectivity index (χ3n) is 7.64. The van der Waals surface area contributed by atoms with E-state index in [0.29, 0.717) is 5.56 Å². The molecule has 6 heteroatoms. The highest BCUT2D eigenvalue weighted by atomic mass is 16.5. The molecule has 0 amide bonds. The van der Waals surface area contributed by atoms with Gasteiger partial charge in [-0.15, -0.1) is 0 Å². The molecular weight excluding hydrogens is 400 g/mol. The van der Waals surface area contributed by atoms with Gasteiger partial charge in [0.15, 0.2) is 11.5 Å². The van der Waals surface area contributed by atoms with Crippen LogP contribution in [0.3, 0.4) is 0 Å². The van der Waals surface area contributed by atoms with E-state index in [0.717, 1.165) is 104 Å².